The highest BCUT2D eigenvalue weighted by atomic mass is 35.5. The van der Waals surface area contributed by atoms with E-state index in [2.05, 4.69) is 10.4 Å². The summed E-state index contributed by atoms with van der Waals surface area (Å²) in [7, 11) is 0. The van der Waals surface area contributed by atoms with Crippen LogP contribution in [0.15, 0.2) is 24.3 Å². The van der Waals surface area contributed by atoms with Crippen LogP contribution in [-0.2, 0) is 13.1 Å². The first-order valence-electron chi connectivity index (χ1n) is 6.73. The summed E-state index contributed by atoms with van der Waals surface area (Å²) in [5, 5.41) is 19.2. The third-order valence-corrected chi connectivity index (χ3v) is 3.34. The molecule has 6 nitrogen and oxygen atoms in total. The maximum absolute atomic E-state index is 11.2. The number of nitrogens with one attached hydrogen (secondary N) is 1. The SMILES string of the molecule is CCCn1nc(C)c([N+](=O)[O-])c1NCc1ccc(Cl)cc1. The lowest BCUT2D eigenvalue weighted by Crippen LogP contribution is -2.09. The van der Waals surface area contributed by atoms with Crippen molar-refractivity contribution in [1.82, 2.24) is 9.78 Å². The largest absolute Gasteiger partial charge is 0.360 e. The van der Waals surface area contributed by atoms with Crippen LogP contribution in [0, 0.1) is 17.0 Å². The summed E-state index contributed by atoms with van der Waals surface area (Å²) in [6.45, 7) is 4.77. The predicted molar refractivity (Wildman–Crippen MR) is 82.7 cm³/mol. The van der Waals surface area contributed by atoms with Crippen LogP contribution in [0.1, 0.15) is 24.6 Å². The van der Waals surface area contributed by atoms with Gasteiger partial charge >= 0.3 is 5.69 Å². The van der Waals surface area contributed by atoms with E-state index in [0.29, 0.717) is 29.6 Å². The molecule has 0 aliphatic carbocycles. The zero-order valence-corrected chi connectivity index (χ0v) is 12.7. The van der Waals surface area contributed by atoms with E-state index in [1.54, 1.807) is 23.7 Å². The molecule has 2 rings (SSSR count). The number of rotatable bonds is 6. The van der Waals surface area contributed by atoms with E-state index in [4.69, 9.17) is 11.6 Å². The molecule has 0 amide bonds. The second-order valence-corrected chi connectivity index (χ2v) is 5.18. The Hall–Kier alpha value is -2.08. The topological polar surface area (TPSA) is 73.0 Å². The number of halogens is 1. The van der Waals surface area contributed by atoms with Gasteiger partial charge in [0.2, 0.25) is 5.82 Å². The van der Waals surface area contributed by atoms with E-state index in [1.807, 2.05) is 19.1 Å². The number of anilines is 1. The summed E-state index contributed by atoms with van der Waals surface area (Å²) in [5.41, 5.74) is 1.46. The molecule has 1 heterocycles. The molecule has 0 saturated carbocycles. The maximum Gasteiger partial charge on any atom is 0.333 e. The van der Waals surface area contributed by atoms with Crippen molar-refractivity contribution < 1.29 is 4.92 Å². The molecule has 0 aliphatic heterocycles. The molecule has 0 spiro atoms. The molecule has 112 valence electrons. The second kappa shape index (κ2) is 6.58. The Morgan fingerprint density at radius 3 is 2.62 bits per heavy atom. The Bertz CT molecular complexity index is 637. The zero-order valence-electron chi connectivity index (χ0n) is 12.0. The molecule has 1 aromatic carbocycles. The average Bonchev–Trinajstić information content (AvgIpc) is 2.74. The van der Waals surface area contributed by atoms with Gasteiger partial charge in [-0.3, -0.25) is 10.1 Å². The molecular weight excluding hydrogens is 292 g/mol. The number of nitrogens with zero attached hydrogens (tertiary/aromatic N) is 3. The van der Waals surface area contributed by atoms with Crippen molar-refractivity contribution >= 4 is 23.1 Å². The van der Waals surface area contributed by atoms with Crippen LogP contribution in [0.3, 0.4) is 0 Å². The number of hydrogen-bond acceptors (Lipinski definition) is 4. The first kappa shape index (κ1) is 15.3. The van der Waals surface area contributed by atoms with Crippen LogP contribution >= 0.6 is 11.6 Å². The molecule has 0 saturated heterocycles. The standard InChI is InChI=1S/C14H17ClN4O2/c1-3-8-18-14(13(19(20)21)10(2)17-18)16-9-11-4-6-12(15)7-5-11/h4-7,16H,3,8-9H2,1-2H3. The third-order valence-electron chi connectivity index (χ3n) is 3.09. The van der Waals surface area contributed by atoms with Gasteiger partial charge in [-0.05, 0) is 31.0 Å². The van der Waals surface area contributed by atoms with Gasteiger partial charge in [0.05, 0.1) is 4.92 Å². The van der Waals surface area contributed by atoms with Gasteiger partial charge < -0.3 is 5.32 Å². The van der Waals surface area contributed by atoms with E-state index < -0.39 is 4.92 Å². The van der Waals surface area contributed by atoms with E-state index in [0.717, 1.165) is 12.0 Å². The quantitative estimate of drug-likeness (QED) is 0.651. The molecule has 0 fully saturated rings. The first-order chi connectivity index (χ1) is 10.0. The van der Waals surface area contributed by atoms with Crippen LogP contribution in [0.4, 0.5) is 11.5 Å². The molecule has 7 heteroatoms. The second-order valence-electron chi connectivity index (χ2n) is 4.74. The van der Waals surface area contributed by atoms with Crippen LogP contribution in [0.2, 0.25) is 5.02 Å². The Morgan fingerprint density at radius 1 is 1.38 bits per heavy atom. The normalized spacial score (nSPS) is 10.6. The molecule has 1 N–H and O–H groups in total. The number of benzene rings is 1. The average molecular weight is 309 g/mol. The third kappa shape index (κ3) is 3.52. The summed E-state index contributed by atoms with van der Waals surface area (Å²) in [6, 6.07) is 7.35. The van der Waals surface area contributed by atoms with E-state index in [-0.39, 0.29) is 5.69 Å². The fourth-order valence-electron chi connectivity index (χ4n) is 2.13. The van der Waals surface area contributed by atoms with Crippen LogP contribution < -0.4 is 5.32 Å². The highest BCUT2D eigenvalue weighted by molar-refractivity contribution is 6.30. The Kier molecular flexibility index (Phi) is 4.80. The number of hydrogen-bond donors (Lipinski definition) is 1. The van der Waals surface area contributed by atoms with E-state index in [9.17, 15) is 10.1 Å². The molecule has 1 aromatic heterocycles. The molecule has 21 heavy (non-hydrogen) atoms. The number of aromatic nitrogens is 2. The monoisotopic (exact) mass is 308 g/mol. The minimum Gasteiger partial charge on any atom is -0.360 e. The van der Waals surface area contributed by atoms with Crippen molar-refractivity contribution in [1.29, 1.82) is 0 Å². The predicted octanol–water partition coefficient (Wildman–Crippen LogP) is 3.78. The van der Waals surface area contributed by atoms with Gasteiger partial charge in [0.1, 0.15) is 5.69 Å². The van der Waals surface area contributed by atoms with Gasteiger partial charge in [0.25, 0.3) is 0 Å². The molecule has 0 atom stereocenters. The molecule has 0 radical (unpaired) electrons. The summed E-state index contributed by atoms with van der Waals surface area (Å²) in [4.78, 5) is 10.8. The van der Waals surface area contributed by atoms with Crippen molar-refractivity contribution in [2.75, 3.05) is 5.32 Å². The molecule has 0 bridgehead atoms. The van der Waals surface area contributed by atoms with Crippen molar-refractivity contribution in [2.24, 2.45) is 0 Å². The Morgan fingerprint density at radius 2 is 2.05 bits per heavy atom. The zero-order chi connectivity index (χ0) is 15.4. The van der Waals surface area contributed by atoms with Gasteiger partial charge in [-0.15, -0.1) is 0 Å². The van der Waals surface area contributed by atoms with Crippen LogP contribution in [-0.4, -0.2) is 14.7 Å². The van der Waals surface area contributed by atoms with E-state index in [1.165, 1.54) is 0 Å². The summed E-state index contributed by atoms with van der Waals surface area (Å²) in [5.74, 6) is 0.453. The van der Waals surface area contributed by atoms with Crippen molar-refractivity contribution in [3.63, 3.8) is 0 Å². The number of nitro groups is 1. The van der Waals surface area contributed by atoms with Gasteiger partial charge in [0.15, 0.2) is 0 Å². The van der Waals surface area contributed by atoms with Crippen molar-refractivity contribution in [3.8, 4) is 0 Å². The summed E-state index contributed by atoms with van der Waals surface area (Å²) in [6.07, 6.45) is 0.855. The smallest absolute Gasteiger partial charge is 0.333 e. The molecule has 2 aromatic rings. The highest BCUT2D eigenvalue weighted by Gasteiger charge is 2.24. The van der Waals surface area contributed by atoms with Crippen molar-refractivity contribution in [3.05, 3.63) is 50.7 Å². The van der Waals surface area contributed by atoms with Crippen LogP contribution in [0.25, 0.3) is 0 Å². The fraction of sp³-hybridized carbons (Fsp3) is 0.357. The van der Waals surface area contributed by atoms with Gasteiger partial charge in [-0.2, -0.15) is 5.10 Å². The fourth-order valence-corrected chi connectivity index (χ4v) is 2.25. The molecule has 0 aliphatic rings. The van der Waals surface area contributed by atoms with Gasteiger partial charge in [-0.25, -0.2) is 4.68 Å². The maximum atomic E-state index is 11.2. The van der Waals surface area contributed by atoms with Crippen LogP contribution in [0.5, 0.6) is 0 Å². The lowest BCUT2D eigenvalue weighted by molar-refractivity contribution is -0.384. The molecule has 0 unspecified atom stereocenters. The van der Waals surface area contributed by atoms with Gasteiger partial charge in [-0.1, -0.05) is 30.7 Å². The van der Waals surface area contributed by atoms with Gasteiger partial charge in [0, 0.05) is 18.1 Å². The minimum atomic E-state index is -0.390. The summed E-state index contributed by atoms with van der Waals surface area (Å²) >= 11 is 5.84. The number of aryl methyl sites for hydroxylation is 2. The van der Waals surface area contributed by atoms with E-state index >= 15 is 0 Å². The minimum absolute atomic E-state index is 0.0393. The van der Waals surface area contributed by atoms with Crippen molar-refractivity contribution in [2.45, 2.75) is 33.4 Å². The molecular formula is C14H17ClN4O2. The Balaban J connectivity index is 2.24. The Labute approximate surface area is 127 Å². The first-order valence-corrected chi connectivity index (χ1v) is 7.10. The lowest BCUT2D eigenvalue weighted by Gasteiger charge is -2.08. The highest BCUT2D eigenvalue weighted by Crippen LogP contribution is 2.28. The lowest BCUT2D eigenvalue weighted by atomic mass is 10.2. The summed E-state index contributed by atoms with van der Waals surface area (Å²) < 4.78 is 1.66.